The Kier molecular flexibility index (Phi) is 1.77. The molecular formula is C8H9N3O2. The second-order valence-electron chi connectivity index (χ2n) is 2.52. The highest BCUT2D eigenvalue weighted by molar-refractivity contribution is 5.87. The standard InChI is InChI=1S/C8H9N3O2/c1-2-13-8-6-5(3-4-9-8)7(12)11-10-6/h3-4H,2H2,1H3,(H2,10,11,12). The zero-order valence-corrected chi connectivity index (χ0v) is 7.11. The summed E-state index contributed by atoms with van der Waals surface area (Å²) in [5, 5.41) is 16.2. The van der Waals surface area contributed by atoms with E-state index < -0.39 is 0 Å². The van der Waals surface area contributed by atoms with Crippen LogP contribution in [-0.4, -0.2) is 26.9 Å². The third-order valence-corrected chi connectivity index (χ3v) is 1.71. The monoisotopic (exact) mass is 179 g/mol. The SMILES string of the molecule is CCOc1nccc2c(O)n[nH]c12. The van der Waals surface area contributed by atoms with Gasteiger partial charge in [0.15, 0.2) is 0 Å². The van der Waals surface area contributed by atoms with E-state index in [1.807, 2.05) is 6.92 Å². The molecule has 0 saturated carbocycles. The quantitative estimate of drug-likeness (QED) is 0.723. The van der Waals surface area contributed by atoms with E-state index in [1.165, 1.54) is 0 Å². The summed E-state index contributed by atoms with van der Waals surface area (Å²) in [7, 11) is 0. The molecule has 2 N–H and O–H groups in total. The van der Waals surface area contributed by atoms with Gasteiger partial charge in [0.05, 0.1) is 12.0 Å². The van der Waals surface area contributed by atoms with Crippen LogP contribution in [0, 0.1) is 0 Å². The second-order valence-corrected chi connectivity index (χ2v) is 2.52. The first-order chi connectivity index (χ1) is 6.33. The summed E-state index contributed by atoms with van der Waals surface area (Å²) in [6, 6.07) is 1.68. The molecule has 0 amide bonds. The molecule has 68 valence electrons. The van der Waals surface area contributed by atoms with Gasteiger partial charge < -0.3 is 9.84 Å². The lowest BCUT2D eigenvalue weighted by Crippen LogP contribution is -1.94. The topological polar surface area (TPSA) is 71.0 Å². The number of rotatable bonds is 2. The average molecular weight is 179 g/mol. The fourth-order valence-corrected chi connectivity index (χ4v) is 1.15. The molecule has 0 fully saturated rings. The van der Waals surface area contributed by atoms with Crippen LogP contribution < -0.4 is 4.74 Å². The van der Waals surface area contributed by atoms with Crippen LogP contribution in [0.4, 0.5) is 0 Å². The Bertz CT molecular complexity index is 424. The highest BCUT2D eigenvalue weighted by Gasteiger charge is 2.08. The van der Waals surface area contributed by atoms with E-state index in [0.717, 1.165) is 0 Å². The van der Waals surface area contributed by atoms with Gasteiger partial charge in [0.25, 0.3) is 0 Å². The van der Waals surface area contributed by atoms with Gasteiger partial charge in [-0.15, -0.1) is 5.10 Å². The fourth-order valence-electron chi connectivity index (χ4n) is 1.15. The maximum atomic E-state index is 9.28. The molecule has 0 bridgehead atoms. The van der Waals surface area contributed by atoms with E-state index in [1.54, 1.807) is 12.3 Å². The van der Waals surface area contributed by atoms with E-state index >= 15 is 0 Å². The van der Waals surface area contributed by atoms with E-state index in [0.29, 0.717) is 23.4 Å². The zero-order chi connectivity index (χ0) is 9.26. The summed E-state index contributed by atoms with van der Waals surface area (Å²) in [6.45, 7) is 2.41. The number of aromatic hydroxyl groups is 1. The molecule has 0 aliphatic carbocycles. The van der Waals surface area contributed by atoms with Crippen molar-refractivity contribution in [3.05, 3.63) is 12.3 Å². The van der Waals surface area contributed by atoms with Gasteiger partial charge in [0, 0.05) is 6.20 Å². The number of nitrogens with zero attached hydrogens (tertiary/aromatic N) is 2. The number of nitrogens with one attached hydrogen (secondary N) is 1. The van der Waals surface area contributed by atoms with Gasteiger partial charge in [-0.25, -0.2) is 4.98 Å². The lowest BCUT2D eigenvalue weighted by molar-refractivity contribution is 0.330. The minimum atomic E-state index is -0.0293. The Labute approximate surface area is 74.4 Å². The molecule has 0 aliphatic rings. The highest BCUT2D eigenvalue weighted by Crippen LogP contribution is 2.26. The van der Waals surface area contributed by atoms with Crippen LogP contribution in [0.3, 0.4) is 0 Å². The first kappa shape index (κ1) is 7.85. The molecule has 2 aromatic rings. The van der Waals surface area contributed by atoms with E-state index in [4.69, 9.17) is 4.74 Å². The van der Waals surface area contributed by atoms with Crippen LogP contribution in [0.1, 0.15) is 6.92 Å². The molecule has 0 aromatic carbocycles. The molecule has 5 heteroatoms. The lowest BCUT2D eigenvalue weighted by atomic mass is 10.3. The van der Waals surface area contributed by atoms with Crippen molar-refractivity contribution < 1.29 is 9.84 Å². The van der Waals surface area contributed by atoms with E-state index in [-0.39, 0.29) is 5.88 Å². The molecule has 13 heavy (non-hydrogen) atoms. The Balaban J connectivity index is 2.63. The van der Waals surface area contributed by atoms with Crippen LogP contribution in [0.2, 0.25) is 0 Å². The van der Waals surface area contributed by atoms with Crippen molar-refractivity contribution in [3.63, 3.8) is 0 Å². The minimum Gasteiger partial charge on any atom is -0.492 e. The third kappa shape index (κ3) is 1.18. The second kappa shape index (κ2) is 2.93. The molecule has 0 aliphatic heterocycles. The van der Waals surface area contributed by atoms with Crippen LogP contribution in [0.15, 0.2) is 12.3 Å². The number of hydrogen-bond donors (Lipinski definition) is 2. The molecule has 0 atom stereocenters. The first-order valence-electron chi connectivity index (χ1n) is 3.97. The van der Waals surface area contributed by atoms with Crippen molar-refractivity contribution in [2.24, 2.45) is 0 Å². The van der Waals surface area contributed by atoms with Crippen molar-refractivity contribution in [3.8, 4) is 11.8 Å². The zero-order valence-electron chi connectivity index (χ0n) is 7.11. The Morgan fingerprint density at radius 1 is 1.62 bits per heavy atom. The number of aromatic nitrogens is 3. The number of aromatic amines is 1. The van der Waals surface area contributed by atoms with E-state index in [9.17, 15) is 5.11 Å². The summed E-state index contributed by atoms with van der Waals surface area (Å²) in [5.74, 6) is 0.436. The minimum absolute atomic E-state index is 0.0293. The predicted molar refractivity (Wildman–Crippen MR) is 46.7 cm³/mol. The largest absolute Gasteiger partial charge is 0.492 e. The number of fused-ring (bicyclic) bond motifs is 1. The first-order valence-corrected chi connectivity index (χ1v) is 3.97. The molecule has 0 radical (unpaired) electrons. The van der Waals surface area contributed by atoms with Crippen molar-refractivity contribution in [1.82, 2.24) is 15.2 Å². The maximum absolute atomic E-state index is 9.28. The highest BCUT2D eigenvalue weighted by atomic mass is 16.5. The Morgan fingerprint density at radius 2 is 2.46 bits per heavy atom. The van der Waals surface area contributed by atoms with Crippen LogP contribution >= 0.6 is 0 Å². The van der Waals surface area contributed by atoms with Gasteiger partial charge in [0.2, 0.25) is 11.8 Å². The van der Waals surface area contributed by atoms with Gasteiger partial charge in [0.1, 0.15) is 5.52 Å². The van der Waals surface area contributed by atoms with Crippen molar-refractivity contribution in [2.75, 3.05) is 6.61 Å². The summed E-state index contributed by atoms with van der Waals surface area (Å²) >= 11 is 0. The molecule has 0 unspecified atom stereocenters. The molecule has 0 spiro atoms. The van der Waals surface area contributed by atoms with Gasteiger partial charge in [-0.05, 0) is 13.0 Å². The van der Waals surface area contributed by atoms with Gasteiger partial charge >= 0.3 is 0 Å². The van der Waals surface area contributed by atoms with Crippen LogP contribution in [0.25, 0.3) is 10.9 Å². The Hall–Kier alpha value is -1.78. The normalized spacial score (nSPS) is 10.5. The van der Waals surface area contributed by atoms with E-state index in [2.05, 4.69) is 15.2 Å². The van der Waals surface area contributed by atoms with Crippen molar-refractivity contribution in [2.45, 2.75) is 6.92 Å². The number of hydrogen-bond acceptors (Lipinski definition) is 4. The molecule has 2 rings (SSSR count). The van der Waals surface area contributed by atoms with Crippen molar-refractivity contribution in [1.29, 1.82) is 0 Å². The third-order valence-electron chi connectivity index (χ3n) is 1.71. The average Bonchev–Trinajstić information content (AvgIpc) is 2.50. The number of ether oxygens (including phenoxy) is 1. The molecule has 0 saturated heterocycles. The van der Waals surface area contributed by atoms with Crippen LogP contribution in [-0.2, 0) is 0 Å². The van der Waals surface area contributed by atoms with Crippen LogP contribution in [0.5, 0.6) is 11.8 Å². The molecular weight excluding hydrogens is 170 g/mol. The summed E-state index contributed by atoms with van der Waals surface area (Å²) in [6.07, 6.45) is 1.57. The fraction of sp³-hybridized carbons (Fsp3) is 0.250. The van der Waals surface area contributed by atoms with Gasteiger partial charge in [-0.1, -0.05) is 0 Å². The Morgan fingerprint density at radius 3 is 3.23 bits per heavy atom. The number of H-pyrrole nitrogens is 1. The summed E-state index contributed by atoms with van der Waals surface area (Å²) < 4.78 is 5.24. The lowest BCUT2D eigenvalue weighted by Gasteiger charge is -2.00. The van der Waals surface area contributed by atoms with Gasteiger partial charge in [-0.3, -0.25) is 5.10 Å². The molecule has 2 aromatic heterocycles. The summed E-state index contributed by atoms with van der Waals surface area (Å²) in [5.41, 5.74) is 0.627. The molecule has 2 heterocycles. The van der Waals surface area contributed by atoms with Crippen molar-refractivity contribution >= 4 is 10.9 Å². The summed E-state index contributed by atoms with van der Waals surface area (Å²) in [4.78, 5) is 4.01. The van der Waals surface area contributed by atoms with Gasteiger partial charge in [-0.2, -0.15) is 0 Å². The number of pyridine rings is 1. The molecule has 5 nitrogen and oxygen atoms in total. The predicted octanol–water partition coefficient (Wildman–Crippen LogP) is 1.06. The maximum Gasteiger partial charge on any atom is 0.240 e. The smallest absolute Gasteiger partial charge is 0.240 e.